The van der Waals surface area contributed by atoms with Crippen LogP contribution in [0.25, 0.3) is 0 Å². The van der Waals surface area contributed by atoms with Gasteiger partial charge < -0.3 is 10.6 Å². The third-order valence-electron chi connectivity index (χ3n) is 2.86. The van der Waals surface area contributed by atoms with Gasteiger partial charge in [0.2, 0.25) is 0 Å². The van der Waals surface area contributed by atoms with E-state index in [-0.39, 0.29) is 5.54 Å². The molecule has 1 aromatic rings. The largest absolute Gasteiger partial charge is 0.369 e. The molecule has 3 heteroatoms. The molecular formula is C12H19BrN2. The Morgan fingerprint density at radius 2 is 2.07 bits per heavy atom. The van der Waals surface area contributed by atoms with Crippen LogP contribution in [0.15, 0.2) is 28.7 Å². The molecule has 2 nitrogen and oxygen atoms in total. The van der Waals surface area contributed by atoms with Crippen molar-refractivity contribution in [2.45, 2.75) is 25.8 Å². The van der Waals surface area contributed by atoms with Gasteiger partial charge in [0.15, 0.2) is 0 Å². The first kappa shape index (κ1) is 12.5. The Hall–Kier alpha value is -0.540. The van der Waals surface area contributed by atoms with E-state index in [1.54, 1.807) is 0 Å². The van der Waals surface area contributed by atoms with Crippen molar-refractivity contribution in [2.75, 3.05) is 18.5 Å². The first-order valence-electron chi connectivity index (χ1n) is 5.17. The van der Waals surface area contributed by atoms with Gasteiger partial charge in [-0.2, -0.15) is 0 Å². The summed E-state index contributed by atoms with van der Waals surface area (Å²) >= 11 is 3.48. The molecule has 15 heavy (non-hydrogen) atoms. The predicted molar refractivity (Wildman–Crippen MR) is 70.3 cm³/mol. The molecule has 0 aliphatic heterocycles. The number of hydrogen-bond acceptors (Lipinski definition) is 2. The van der Waals surface area contributed by atoms with Crippen LogP contribution >= 0.6 is 15.9 Å². The Bertz CT molecular complexity index is 323. The summed E-state index contributed by atoms with van der Waals surface area (Å²) in [6.07, 6.45) is 0.982. The lowest BCUT2D eigenvalue weighted by Gasteiger charge is -2.37. The van der Waals surface area contributed by atoms with Gasteiger partial charge in [-0.05, 0) is 45.0 Å². The molecule has 1 rings (SSSR count). The predicted octanol–water partition coefficient (Wildman–Crippen LogP) is 3.01. The van der Waals surface area contributed by atoms with E-state index in [0.717, 1.165) is 10.9 Å². The van der Waals surface area contributed by atoms with Crippen molar-refractivity contribution >= 4 is 21.6 Å². The molecule has 0 spiro atoms. The van der Waals surface area contributed by atoms with E-state index in [0.29, 0.717) is 6.54 Å². The van der Waals surface area contributed by atoms with Crippen molar-refractivity contribution < 1.29 is 0 Å². The monoisotopic (exact) mass is 270 g/mol. The summed E-state index contributed by atoms with van der Waals surface area (Å²) in [5.74, 6) is 0. The maximum Gasteiger partial charge on any atom is 0.0379 e. The van der Waals surface area contributed by atoms with Crippen LogP contribution in [0.1, 0.15) is 20.3 Å². The molecular weight excluding hydrogens is 252 g/mol. The van der Waals surface area contributed by atoms with Gasteiger partial charge in [0, 0.05) is 22.7 Å². The standard InChI is InChI=1S/C12H19BrN2/c1-12(2,7-8-14)15(3)11-6-4-5-10(13)9-11/h4-6,9H,7-8,14H2,1-3H3. The normalized spacial score (nSPS) is 11.5. The Labute approximate surface area is 101 Å². The lowest BCUT2D eigenvalue weighted by Crippen LogP contribution is -2.42. The van der Waals surface area contributed by atoms with Crippen molar-refractivity contribution in [3.05, 3.63) is 28.7 Å². The fourth-order valence-electron chi connectivity index (χ4n) is 1.56. The molecule has 0 heterocycles. The van der Waals surface area contributed by atoms with Gasteiger partial charge in [0.1, 0.15) is 0 Å². The summed E-state index contributed by atoms with van der Waals surface area (Å²) in [5.41, 5.74) is 6.93. The van der Waals surface area contributed by atoms with Crippen LogP contribution in [0.5, 0.6) is 0 Å². The number of rotatable bonds is 4. The van der Waals surface area contributed by atoms with E-state index in [1.165, 1.54) is 5.69 Å². The minimum absolute atomic E-state index is 0.0928. The first-order valence-corrected chi connectivity index (χ1v) is 5.96. The molecule has 0 aromatic heterocycles. The topological polar surface area (TPSA) is 29.3 Å². The van der Waals surface area contributed by atoms with E-state index < -0.39 is 0 Å². The lowest BCUT2D eigenvalue weighted by atomic mass is 9.98. The number of hydrogen-bond donors (Lipinski definition) is 1. The molecule has 0 aliphatic carbocycles. The van der Waals surface area contributed by atoms with Crippen molar-refractivity contribution in [3.8, 4) is 0 Å². The van der Waals surface area contributed by atoms with Gasteiger partial charge in [0.25, 0.3) is 0 Å². The molecule has 0 amide bonds. The van der Waals surface area contributed by atoms with Crippen LogP contribution in [0.4, 0.5) is 5.69 Å². The summed E-state index contributed by atoms with van der Waals surface area (Å²) in [6, 6.07) is 8.32. The first-order chi connectivity index (χ1) is 6.97. The SMILES string of the molecule is CN(c1cccc(Br)c1)C(C)(C)CCN. The van der Waals surface area contributed by atoms with Crippen LogP contribution in [0, 0.1) is 0 Å². The second-order valence-corrected chi connectivity index (χ2v) is 5.31. The van der Waals surface area contributed by atoms with E-state index >= 15 is 0 Å². The minimum atomic E-state index is 0.0928. The number of benzene rings is 1. The van der Waals surface area contributed by atoms with Gasteiger partial charge in [-0.1, -0.05) is 22.0 Å². The van der Waals surface area contributed by atoms with Gasteiger partial charge in [-0.15, -0.1) is 0 Å². The van der Waals surface area contributed by atoms with E-state index in [9.17, 15) is 0 Å². The lowest BCUT2D eigenvalue weighted by molar-refractivity contribution is 0.456. The molecule has 0 atom stereocenters. The van der Waals surface area contributed by atoms with Crippen molar-refractivity contribution in [1.82, 2.24) is 0 Å². The summed E-state index contributed by atoms with van der Waals surface area (Å²) in [7, 11) is 2.11. The Morgan fingerprint density at radius 3 is 2.60 bits per heavy atom. The number of halogens is 1. The molecule has 0 saturated heterocycles. The highest BCUT2D eigenvalue weighted by atomic mass is 79.9. The summed E-state index contributed by atoms with van der Waals surface area (Å²) < 4.78 is 1.11. The molecule has 1 aromatic carbocycles. The van der Waals surface area contributed by atoms with E-state index in [4.69, 9.17) is 5.73 Å². The van der Waals surface area contributed by atoms with Crippen molar-refractivity contribution in [2.24, 2.45) is 5.73 Å². The molecule has 0 aliphatic rings. The third kappa shape index (κ3) is 3.21. The highest BCUT2D eigenvalue weighted by Crippen LogP contribution is 2.26. The second kappa shape index (κ2) is 4.99. The van der Waals surface area contributed by atoms with E-state index in [1.807, 2.05) is 6.07 Å². The van der Waals surface area contributed by atoms with Crippen LogP contribution in [-0.4, -0.2) is 19.1 Å². The smallest absolute Gasteiger partial charge is 0.0379 e. The molecule has 0 unspecified atom stereocenters. The third-order valence-corrected chi connectivity index (χ3v) is 3.35. The Balaban J connectivity index is 2.88. The van der Waals surface area contributed by atoms with Crippen LogP contribution < -0.4 is 10.6 Å². The van der Waals surface area contributed by atoms with Gasteiger partial charge in [-0.25, -0.2) is 0 Å². The van der Waals surface area contributed by atoms with E-state index in [2.05, 4.69) is 59.9 Å². The molecule has 2 N–H and O–H groups in total. The molecule has 0 fully saturated rings. The molecule has 84 valence electrons. The van der Waals surface area contributed by atoms with Crippen molar-refractivity contribution in [1.29, 1.82) is 0 Å². The average molecular weight is 271 g/mol. The number of anilines is 1. The molecule has 0 radical (unpaired) electrons. The van der Waals surface area contributed by atoms with Crippen LogP contribution in [-0.2, 0) is 0 Å². The summed E-state index contributed by atoms with van der Waals surface area (Å²) in [4.78, 5) is 2.27. The molecule has 0 saturated carbocycles. The van der Waals surface area contributed by atoms with Gasteiger partial charge in [-0.3, -0.25) is 0 Å². The fraction of sp³-hybridized carbons (Fsp3) is 0.500. The zero-order valence-electron chi connectivity index (χ0n) is 9.63. The highest BCUT2D eigenvalue weighted by Gasteiger charge is 2.22. The van der Waals surface area contributed by atoms with Gasteiger partial charge in [0.05, 0.1) is 0 Å². The zero-order chi connectivity index (χ0) is 11.5. The van der Waals surface area contributed by atoms with Gasteiger partial charge >= 0.3 is 0 Å². The Morgan fingerprint density at radius 1 is 1.40 bits per heavy atom. The quantitative estimate of drug-likeness (QED) is 0.912. The average Bonchev–Trinajstić information content (AvgIpc) is 2.16. The summed E-state index contributed by atoms with van der Waals surface area (Å²) in [6.45, 7) is 5.13. The number of nitrogens with zero attached hydrogens (tertiary/aromatic N) is 1. The fourth-order valence-corrected chi connectivity index (χ4v) is 1.94. The summed E-state index contributed by atoms with van der Waals surface area (Å²) in [5, 5.41) is 0. The van der Waals surface area contributed by atoms with Crippen molar-refractivity contribution in [3.63, 3.8) is 0 Å². The zero-order valence-corrected chi connectivity index (χ0v) is 11.2. The minimum Gasteiger partial charge on any atom is -0.369 e. The number of nitrogens with two attached hydrogens (primary N) is 1. The molecule has 0 bridgehead atoms. The maximum absolute atomic E-state index is 5.62. The maximum atomic E-state index is 5.62. The Kier molecular flexibility index (Phi) is 4.17. The second-order valence-electron chi connectivity index (χ2n) is 4.39. The van der Waals surface area contributed by atoms with Crippen LogP contribution in [0.3, 0.4) is 0 Å². The van der Waals surface area contributed by atoms with Crippen LogP contribution in [0.2, 0.25) is 0 Å². The highest BCUT2D eigenvalue weighted by molar-refractivity contribution is 9.10.